The van der Waals surface area contributed by atoms with Crippen LogP contribution in [0.5, 0.6) is 5.75 Å². The van der Waals surface area contributed by atoms with Gasteiger partial charge in [-0.3, -0.25) is 4.79 Å². The Bertz CT molecular complexity index is 1030. The van der Waals surface area contributed by atoms with Gasteiger partial charge in [-0.05, 0) is 77.9 Å². The monoisotopic (exact) mass is 410 g/mol. The predicted octanol–water partition coefficient (Wildman–Crippen LogP) is 5.15. The molecule has 1 amide bonds. The number of fused-ring (bicyclic) bond motifs is 2. The summed E-state index contributed by atoms with van der Waals surface area (Å²) < 4.78 is 5.29. The SMILES string of the molecule is COc1ccc2cc(C(C)C(=O)NC3CCCc4cc(N)ccc43)ccc2c1.Cl. The van der Waals surface area contributed by atoms with Crippen molar-refractivity contribution in [2.24, 2.45) is 0 Å². The van der Waals surface area contributed by atoms with Gasteiger partial charge in [-0.2, -0.15) is 0 Å². The first-order chi connectivity index (χ1) is 13.5. The van der Waals surface area contributed by atoms with Crippen molar-refractivity contribution in [2.45, 2.75) is 38.1 Å². The van der Waals surface area contributed by atoms with Crippen LogP contribution in [0.4, 0.5) is 5.69 Å². The van der Waals surface area contributed by atoms with Gasteiger partial charge in [-0.1, -0.05) is 30.3 Å². The van der Waals surface area contributed by atoms with Crippen LogP contribution in [0, 0.1) is 0 Å². The number of anilines is 1. The van der Waals surface area contributed by atoms with Gasteiger partial charge in [0.05, 0.1) is 19.1 Å². The molecule has 0 fully saturated rings. The zero-order chi connectivity index (χ0) is 19.7. The number of rotatable bonds is 4. The van der Waals surface area contributed by atoms with Crippen molar-refractivity contribution >= 4 is 34.8 Å². The minimum absolute atomic E-state index is 0. The molecule has 3 aromatic rings. The second kappa shape index (κ2) is 8.75. The Morgan fingerprint density at radius 1 is 1.10 bits per heavy atom. The molecule has 2 atom stereocenters. The average molecular weight is 411 g/mol. The van der Waals surface area contributed by atoms with E-state index in [1.807, 2.05) is 43.3 Å². The van der Waals surface area contributed by atoms with Gasteiger partial charge in [0.15, 0.2) is 0 Å². The maximum atomic E-state index is 13.0. The smallest absolute Gasteiger partial charge is 0.227 e. The average Bonchev–Trinajstić information content (AvgIpc) is 2.72. The van der Waals surface area contributed by atoms with Crippen LogP contribution < -0.4 is 15.8 Å². The van der Waals surface area contributed by atoms with E-state index in [-0.39, 0.29) is 30.3 Å². The number of carbonyl (C=O) groups excluding carboxylic acids is 1. The highest BCUT2D eigenvalue weighted by Crippen LogP contribution is 2.32. The number of nitrogens with one attached hydrogen (secondary N) is 1. The minimum Gasteiger partial charge on any atom is -0.497 e. The number of aryl methyl sites for hydroxylation is 1. The summed E-state index contributed by atoms with van der Waals surface area (Å²) in [5.74, 6) is 0.677. The Morgan fingerprint density at radius 3 is 2.66 bits per heavy atom. The van der Waals surface area contributed by atoms with Crippen molar-refractivity contribution in [3.63, 3.8) is 0 Å². The molecule has 3 aromatic carbocycles. The molecular formula is C24H27ClN2O2. The van der Waals surface area contributed by atoms with E-state index in [0.717, 1.165) is 47.0 Å². The molecule has 1 aliphatic carbocycles. The second-order valence-electron chi connectivity index (χ2n) is 7.61. The Balaban J connectivity index is 0.00000240. The van der Waals surface area contributed by atoms with Crippen molar-refractivity contribution in [2.75, 3.05) is 12.8 Å². The third kappa shape index (κ3) is 4.33. The minimum atomic E-state index is -0.217. The molecule has 152 valence electrons. The Labute approximate surface area is 177 Å². The Hall–Kier alpha value is -2.72. The maximum Gasteiger partial charge on any atom is 0.227 e. The zero-order valence-corrected chi connectivity index (χ0v) is 17.6. The second-order valence-corrected chi connectivity index (χ2v) is 7.61. The number of carbonyl (C=O) groups is 1. The molecule has 0 bridgehead atoms. The largest absolute Gasteiger partial charge is 0.497 e. The molecule has 4 nitrogen and oxygen atoms in total. The third-order valence-corrected chi connectivity index (χ3v) is 5.76. The van der Waals surface area contributed by atoms with Gasteiger partial charge in [0.2, 0.25) is 5.91 Å². The highest BCUT2D eigenvalue weighted by molar-refractivity contribution is 5.88. The van der Waals surface area contributed by atoms with Gasteiger partial charge < -0.3 is 15.8 Å². The predicted molar refractivity (Wildman–Crippen MR) is 121 cm³/mol. The van der Waals surface area contributed by atoms with Crippen molar-refractivity contribution < 1.29 is 9.53 Å². The Morgan fingerprint density at radius 2 is 1.86 bits per heavy atom. The molecule has 0 heterocycles. The summed E-state index contributed by atoms with van der Waals surface area (Å²) in [4.78, 5) is 13.0. The van der Waals surface area contributed by atoms with Crippen molar-refractivity contribution in [1.82, 2.24) is 5.32 Å². The van der Waals surface area contributed by atoms with Crippen LogP contribution in [0.15, 0.2) is 54.6 Å². The number of hydrogen-bond acceptors (Lipinski definition) is 3. The molecule has 1 aliphatic rings. The third-order valence-electron chi connectivity index (χ3n) is 5.76. The fourth-order valence-electron chi connectivity index (χ4n) is 4.07. The van der Waals surface area contributed by atoms with E-state index >= 15 is 0 Å². The zero-order valence-electron chi connectivity index (χ0n) is 16.8. The van der Waals surface area contributed by atoms with Crippen LogP contribution >= 0.6 is 12.4 Å². The number of amides is 1. The van der Waals surface area contributed by atoms with E-state index in [1.54, 1.807) is 7.11 Å². The summed E-state index contributed by atoms with van der Waals surface area (Å²) >= 11 is 0. The molecular weight excluding hydrogens is 384 g/mol. The molecule has 29 heavy (non-hydrogen) atoms. The lowest BCUT2D eigenvalue weighted by molar-refractivity contribution is -0.123. The van der Waals surface area contributed by atoms with Crippen LogP contribution in [-0.2, 0) is 11.2 Å². The molecule has 0 saturated carbocycles. The van der Waals surface area contributed by atoms with Crippen LogP contribution in [0.25, 0.3) is 10.8 Å². The summed E-state index contributed by atoms with van der Waals surface area (Å²) in [6.07, 6.45) is 3.05. The van der Waals surface area contributed by atoms with Gasteiger partial charge in [-0.15, -0.1) is 12.4 Å². The first-order valence-electron chi connectivity index (χ1n) is 9.81. The lowest BCUT2D eigenvalue weighted by Crippen LogP contribution is -2.33. The Kier molecular flexibility index (Phi) is 6.33. The fraction of sp³-hybridized carbons (Fsp3) is 0.292. The van der Waals surface area contributed by atoms with Crippen LogP contribution in [0.2, 0.25) is 0 Å². The van der Waals surface area contributed by atoms with E-state index in [2.05, 4.69) is 23.5 Å². The summed E-state index contributed by atoms with van der Waals surface area (Å²) in [6.45, 7) is 1.97. The number of ether oxygens (including phenoxy) is 1. The van der Waals surface area contributed by atoms with Crippen LogP contribution in [-0.4, -0.2) is 13.0 Å². The fourth-order valence-corrected chi connectivity index (χ4v) is 4.07. The van der Waals surface area contributed by atoms with E-state index in [9.17, 15) is 4.79 Å². The molecule has 0 aromatic heterocycles. The lowest BCUT2D eigenvalue weighted by Gasteiger charge is -2.28. The van der Waals surface area contributed by atoms with E-state index in [0.29, 0.717) is 0 Å². The van der Waals surface area contributed by atoms with Gasteiger partial charge in [-0.25, -0.2) is 0 Å². The van der Waals surface area contributed by atoms with E-state index in [4.69, 9.17) is 10.5 Å². The highest BCUT2D eigenvalue weighted by Gasteiger charge is 2.24. The summed E-state index contributed by atoms with van der Waals surface area (Å²) in [7, 11) is 1.67. The van der Waals surface area contributed by atoms with Gasteiger partial charge in [0, 0.05) is 5.69 Å². The number of hydrogen-bond donors (Lipinski definition) is 2. The molecule has 5 heteroatoms. The summed E-state index contributed by atoms with van der Waals surface area (Å²) in [5, 5.41) is 5.47. The molecule has 0 spiro atoms. The quantitative estimate of drug-likeness (QED) is 0.584. The molecule has 0 aliphatic heterocycles. The van der Waals surface area contributed by atoms with Gasteiger partial charge in [0.25, 0.3) is 0 Å². The molecule has 0 saturated heterocycles. The number of benzene rings is 3. The first-order valence-corrected chi connectivity index (χ1v) is 9.81. The van der Waals surface area contributed by atoms with Gasteiger partial charge in [0.1, 0.15) is 5.75 Å². The molecule has 0 radical (unpaired) electrons. The molecule has 2 unspecified atom stereocenters. The van der Waals surface area contributed by atoms with E-state index < -0.39 is 0 Å². The standard InChI is InChI=1S/C24H26N2O2.ClH/c1-15(16-6-7-18-14-21(28-2)10-8-17(18)12-16)24(27)26-23-5-3-4-19-13-20(25)9-11-22(19)23;/h6-15,23H,3-5,25H2,1-2H3,(H,26,27);1H. The molecule has 3 N–H and O–H groups in total. The van der Waals surface area contributed by atoms with Crippen molar-refractivity contribution in [3.8, 4) is 5.75 Å². The van der Waals surface area contributed by atoms with E-state index in [1.165, 1.54) is 11.1 Å². The topological polar surface area (TPSA) is 64.3 Å². The van der Waals surface area contributed by atoms with Crippen LogP contribution in [0.1, 0.15) is 48.4 Å². The number of nitrogen functional groups attached to an aromatic ring is 1. The van der Waals surface area contributed by atoms with Gasteiger partial charge >= 0.3 is 0 Å². The number of nitrogens with two attached hydrogens (primary N) is 1. The van der Waals surface area contributed by atoms with Crippen molar-refractivity contribution in [3.05, 3.63) is 71.3 Å². The first kappa shape index (κ1) is 21.0. The maximum absolute atomic E-state index is 13.0. The summed E-state index contributed by atoms with van der Waals surface area (Å²) in [6, 6.07) is 18.2. The summed E-state index contributed by atoms with van der Waals surface area (Å²) in [5.41, 5.74) is 10.2. The normalized spacial score (nSPS) is 16.4. The van der Waals surface area contributed by atoms with Crippen LogP contribution in [0.3, 0.4) is 0 Å². The molecule has 4 rings (SSSR count). The number of halogens is 1. The number of methoxy groups -OCH3 is 1. The highest BCUT2D eigenvalue weighted by atomic mass is 35.5. The van der Waals surface area contributed by atoms with Crippen molar-refractivity contribution in [1.29, 1.82) is 0 Å². The lowest BCUT2D eigenvalue weighted by atomic mass is 9.86.